The summed E-state index contributed by atoms with van der Waals surface area (Å²) in [5, 5.41) is 3.90. The van der Waals surface area contributed by atoms with E-state index in [1.54, 1.807) is 0 Å². The van der Waals surface area contributed by atoms with Gasteiger partial charge in [0, 0.05) is 24.9 Å². The molecule has 1 aliphatic rings. The zero-order valence-electron chi connectivity index (χ0n) is 10.2. The van der Waals surface area contributed by atoms with Gasteiger partial charge in [0.05, 0.1) is 6.10 Å². The van der Waals surface area contributed by atoms with E-state index in [2.05, 4.69) is 28.2 Å². The van der Waals surface area contributed by atoms with Crippen LogP contribution >= 0.6 is 15.9 Å². The van der Waals surface area contributed by atoms with Crippen LogP contribution in [0.5, 0.6) is 0 Å². The summed E-state index contributed by atoms with van der Waals surface area (Å²) in [4.78, 5) is 11.6. The van der Waals surface area contributed by atoms with Crippen molar-refractivity contribution < 1.29 is 9.53 Å². The van der Waals surface area contributed by atoms with Crippen molar-refractivity contribution in [1.82, 2.24) is 5.32 Å². The summed E-state index contributed by atoms with van der Waals surface area (Å²) < 4.78 is 5.47. The van der Waals surface area contributed by atoms with Crippen molar-refractivity contribution in [3.63, 3.8) is 0 Å². The third kappa shape index (κ3) is 4.83. The molecule has 0 bridgehead atoms. The maximum absolute atomic E-state index is 11.6. The number of amides is 1. The second-order valence-electron chi connectivity index (χ2n) is 4.68. The number of hydrogen-bond donors (Lipinski definition) is 1. The minimum atomic E-state index is 0.188. The molecule has 1 atom stereocenters. The van der Waals surface area contributed by atoms with Crippen molar-refractivity contribution in [2.45, 2.75) is 39.2 Å². The molecule has 0 saturated heterocycles. The van der Waals surface area contributed by atoms with E-state index in [0.29, 0.717) is 24.4 Å². The summed E-state index contributed by atoms with van der Waals surface area (Å²) in [6.07, 6.45) is 3.17. The highest BCUT2D eigenvalue weighted by Gasteiger charge is 2.30. The molecule has 3 nitrogen and oxygen atoms in total. The topological polar surface area (TPSA) is 38.3 Å². The quantitative estimate of drug-likeness (QED) is 0.731. The van der Waals surface area contributed by atoms with Gasteiger partial charge in [0.15, 0.2) is 0 Å². The lowest BCUT2D eigenvalue weighted by Crippen LogP contribution is -2.36. The number of rotatable bonds is 7. The molecule has 0 aromatic heterocycles. The Kier molecular flexibility index (Phi) is 6.36. The first-order valence-electron chi connectivity index (χ1n) is 6.10. The average molecular weight is 292 g/mol. The Morgan fingerprint density at radius 3 is 2.81 bits per heavy atom. The number of halogens is 1. The van der Waals surface area contributed by atoms with Crippen LogP contribution in [0.4, 0.5) is 0 Å². The molecule has 0 aromatic carbocycles. The summed E-state index contributed by atoms with van der Waals surface area (Å²) in [6.45, 7) is 5.68. The SMILES string of the molecule is CCOC1CC(CC(=O)NCC(C)CBr)C1. The summed E-state index contributed by atoms with van der Waals surface area (Å²) in [7, 11) is 0. The molecule has 1 rings (SSSR count). The van der Waals surface area contributed by atoms with E-state index in [1.807, 2.05) is 6.92 Å². The Morgan fingerprint density at radius 2 is 2.25 bits per heavy atom. The number of carbonyl (C=O) groups excluding carboxylic acids is 1. The highest BCUT2D eigenvalue weighted by molar-refractivity contribution is 9.09. The van der Waals surface area contributed by atoms with Gasteiger partial charge in [0.25, 0.3) is 0 Å². The van der Waals surface area contributed by atoms with Crippen LogP contribution in [0.2, 0.25) is 0 Å². The van der Waals surface area contributed by atoms with Crippen molar-refractivity contribution in [2.75, 3.05) is 18.5 Å². The molecule has 16 heavy (non-hydrogen) atoms. The molecular weight excluding hydrogens is 270 g/mol. The molecule has 1 saturated carbocycles. The third-order valence-electron chi connectivity index (χ3n) is 2.98. The lowest BCUT2D eigenvalue weighted by Gasteiger charge is -2.34. The summed E-state index contributed by atoms with van der Waals surface area (Å²) >= 11 is 3.40. The fraction of sp³-hybridized carbons (Fsp3) is 0.917. The first-order valence-corrected chi connectivity index (χ1v) is 7.22. The number of hydrogen-bond acceptors (Lipinski definition) is 2. The highest BCUT2D eigenvalue weighted by Crippen LogP contribution is 2.32. The Morgan fingerprint density at radius 1 is 1.56 bits per heavy atom. The first-order chi connectivity index (χ1) is 7.65. The Bertz CT molecular complexity index is 217. The molecule has 94 valence electrons. The maximum Gasteiger partial charge on any atom is 0.220 e. The van der Waals surface area contributed by atoms with Crippen LogP contribution in [0.25, 0.3) is 0 Å². The van der Waals surface area contributed by atoms with E-state index in [-0.39, 0.29) is 5.91 Å². The molecule has 0 aliphatic heterocycles. The molecule has 1 aliphatic carbocycles. The van der Waals surface area contributed by atoms with Crippen LogP contribution in [0.15, 0.2) is 0 Å². The van der Waals surface area contributed by atoms with Gasteiger partial charge in [-0.05, 0) is 31.6 Å². The predicted molar refractivity (Wildman–Crippen MR) is 68.7 cm³/mol. The second-order valence-corrected chi connectivity index (χ2v) is 5.33. The molecule has 4 heteroatoms. The van der Waals surface area contributed by atoms with Crippen molar-refractivity contribution in [1.29, 1.82) is 0 Å². The lowest BCUT2D eigenvalue weighted by molar-refractivity contribution is -0.124. The fourth-order valence-corrected chi connectivity index (χ4v) is 2.12. The molecular formula is C12H22BrNO2. The van der Waals surface area contributed by atoms with Gasteiger partial charge in [-0.1, -0.05) is 22.9 Å². The van der Waals surface area contributed by atoms with E-state index in [1.165, 1.54) is 0 Å². The van der Waals surface area contributed by atoms with Crippen LogP contribution in [0, 0.1) is 11.8 Å². The van der Waals surface area contributed by atoms with Gasteiger partial charge in [-0.15, -0.1) is 0 Å². The largest absolute Gasteiger partial charge is 0.378 e. The van der Waals surface area contributed by atoms with E-state index in [4.69, 9.17) is 4.74 Å². The molecule has 0 heterocycles. The van der Waals surface area contributed by atoms with E-state index < -0.39 is 0 Å². The van der Waals surface area contributed by atoms with Crippen molar-refractivity contribution >= 4 is 21.8 Å². The van der Waals surface area contributed by atoms with Crippen LogP contribution in [-0.2, 0) is 9.53 Å². The minimum absolute atomic E-state index is 0.188. The van der Waals surface area contributed by atoms with Crippen molar-refractivity contribution in [3.8, 4) is 0 Å². The van der Waals surface area contributed by atoms with Gasteiger partial charge in [-0.3, -0.25) is 4.79 Å². The zero-order chi connectivity index (χ0) is 12.0. The van der Waals surface area contributed by atoms with Crippen molar-refractivity contribution in [2.24, 2.45) is 11.8 Å². The standard InChI is InChI=1S/C12H22BrNO2/c1-3-16-11-4-10(5-11)6-12(15)14-8-9(2)7-13/h9-11H,3-8H2,1-2H3,(H,14,15). The normalized spacial score (nSPS) is 25.9. The molecule has 1 amide bonds. The smallest absolute Gasteiger partial charge is 0.220 e. The number of carbonyl (C=O) groups is 1. The number of nitrogens with one attached hydrogen (secondary N) is 1. The van der Waals surface area contributed by atoms with Gasteiger partial charge in [0.2, 0.25) is 5.91 Å². The van der Waals surface area contributed by atoms with Gasteiger partial charge in [-0.25, -0.2) is 0 Å². The van der Waals surface area contributed by atoms with Gasteiger partial charge in [-0.2, -0.15) is 0 Å². The summed E-state index contributed by atoms with van der Waals surface area (Å²) in [5.41, 5.74) is 0. The molecule has 1 N–H and O–H groups in total. The maximum atomic E-state index is 11.6. The average Bonchev–Trinajstić information content (AvgIpc) is 2.23. The van der Waals surface area contributed by atoms with Crippen LogP contribution in [-0.4, -0.2) is 30.5 Å². The molecule has 1 unspecified atom stereocenters. The molecule has 0 radical (unpaired) electrons. The molecule has 0 spiro atoms. The first kappa shape index (κ1) is 14.0. The van der Waals surface area contributed by atoms with E-state index in [9.17, 15) is 4.79 Å². The molecule has 0 aromatic rings. The summed E-state index contributed by atoms with van der Waals surface area (Å²) in [6, 6.07) is 0. The Hall–Kier alpha value is -0.0900. The number of alkyl halides is 1. The molecule has 1 fully saturated rings. The van der Waals surface area contributed by atoms with Gasteiger partial charge < -0.3 is 10.1 Å². The van der Waals surface area contributed by atoms with Crippen LogP contribution < -0.4 is 5.32 Å². The minimum Gasteiger partial charge on any atom is -0.378 e. The Labute approximate surface area is 106 Å². The highest BCUT2D eigenvalue weighted by atomic mass is 79.9. The Balaban J connectivity index is 2.03. The summed E-state index contributed by atoms with van der Waals surface area (Å²) in [5.74, 6) is 1.23. The van der Waals surface area contributed by atoms with Crippen LogP contribution in [0.1, 0.15) is 33.1 Å². The van der Waals surface area contributed by atoms with Gasteiger partial charge >= 0.3 is 0 Å². The van der Waals surface area contributed by atoms with E-state index >= 15 is 0 Å². The second kappa shape index (κ2) is 7.28. The lowest BCUT2D eigenvalue weighted by atomic mass is 9.80. The van der Waals surface area contributed by atoms with Crippen LogP contribution in [0.3, 0.4) is 0 Å². The van der Waals surface area contributed by atoms with Gasteiger partial charge in [0.1, 0.15) is 0 Å². The van der Waals surface area contributed by atoms with Crippen molar-refractivity contribution in [3.05, 3.63) is 0 Å². The number of ether oxygens (including phenoxy) is 1. The zero-order valence-corrected chi connectivity index (χ0v) is 11.8. The van der Waals surface area contributed by atoms with E-state index in [0.717, 1.165) is 31.3 Å². The monoisotopic (exact) mass is 291 g/mol. The third-order valence-corrected chi connectivity index (χ3v) is 4.09. The predicted octanol–water partition coefficient (Wildman–Crippen LogP) is 2.34. The fourth-order valence-electron chi connectivity index (χ4n) is 1.89.